The van der Waals surface area contributed by atoms with Gasteiger partial charge >= 0.3 is 0 Å². The molecule has 16 heavy (non-hydrogen) atoms. The van der Waals surface area contributed by atoms with Crippen molar-refractivity contribution in [2.24, 2.45) is 17.8 Å². The summed E-state index contributed by atoms with van der Waals surface area (Å²) >= 11 is 0. The molecule has 0 aromatic rings. The highest BCUT2D eigenvalue weighted by molar-refractivity contribution is 4.75. The van der Waals surface area contributed by atoms with Crippen LogP contribution < -0.4 is 10.6 Å². The predicted molar refractivity (Wildman–Crippen MR) is 69.6 cm³/mol. The van der Waals surface area contributed by atoms with E-state index < -0.39 is 0 Å². The number of hydrogen-bond donors (Lipinski definition) is 2. The average Bonchev–Trinajstić information content (AvgIpc) is 2.38. The summed E-state index contributed by atoms with van der Waals surface area (Å²) in [5, 5.41) is 6.92. The molecule has 1 atom stereocenters. The molecule has 0 bridgehead atoms. The van der Waals surface area contributed by atoms with Crippen LogP contribution in [0.2, 0.25) is 0 Å². The zero-order chi connectivity index (χ0) is 11.2. The van der Waals surface area contributed by atoms with Crippen molar-refractivity contribution >= 4 is 0 Å². The van der Waals surface area contributed by atoms with Crippen molar-refractivity contribution in [2.75, 3.05) is 26.2 Å². The third-order valence-electron chi connectivity index (χ3n) is 4.68. The van der Waals surface area contributed by atoms with Gasteiger partial charge in [-0.2, -0.15) is 0 Å². The Balaban J connectivity index is 1.63. The minimum Gasteiger partial charge on any atom is -0.317 e. The lowest BCUT2D eigenvalue weighted by Gasteiger charge is -2.30. The SMILES string of the molecule is CC(CCC1CCNCC1)C1CCNCC1. The smallest absolute Gasteiger partial charge is 0.00462 e. The van der Waals surface area contributed by atoms with Gasteiger partial charge in [-0.25, -0.2) is 0 Å². The first kappa shape index (κ1) is 12.4. The van der Waals surface area contributed by atoms with Crippen LogP contribution in [0.25, 0.3) is 0 Å². The van der Waals surface area contributed by atoms with E-state index in [4.69, 9.17) is 0 Å². The van der Waals surface area contributed by atoms with Crippen LogP contribution in [0, 0.1) is 17.8 Å². The molecule has 2 fully saturated rings. The van der Waals surface area contributed by atoms with Gasteiger partial charge in [0.15, 0.2) is 0 Å². The Bertz CT molecular complexity index is 181. The van der Waals surface area contributed by atoms with Gasteiger partial charge in [-0.05, 0) is 69.6 Å². The minimum atomic E-state index is 0.956. The lowest BCUT2D eigenvalue weighted by molar-refractivity contribution is 0.237. The fourth-order valence-electron chi connectivity index (χ4n) is 3.32. The van der Waals surface area contributed by atoms with E-state index in [0.717, 1.165) is 17.8 Å². The van der Waals surface area contributed by atoms with Crippen LogP contribution in [0.1, 0.15) is 45.4 Å². The molecule has 2 heteroatoms. The molecular weight excluding hydrogens is 196 g/mol. The van der Waals surface area contributed by atoms with Crippen molar-refractivity contribution in [3.05, 3.63) is 0 Å². The van der Waals surface area contributed by atoms with Gasteiger partial charge in [0.05, 0.1) is 0 Å². The van der Waals surface area contributed by atoms with Crippen LogP contribution in [0.15, 0.2) is 0 Å². The standard InChI is InChI=1S/C14H28N2/c1-12(14-6-10-16-11-7-14)2-3-13-4-8-15-9-5-13/h12-16H,2-11H2,1H3. The van der Waals surface area contributed by atoms with Crippen molar-refractivity contribution in [1.29, 1.82) is 0 Å². The lowest BCUT2D eigenvalue weighted by Crippen LogP contribution is -2.31. The number of hydrogen-bond acceptors (Lipinski definition) is 2. The summed E-state index contributed by atoms with van der Waals surface area (Å²) in [6, 6.07) is 0. The summed E-state index contributed by atoms with van der Waals surface area (Å²) in [6.45, 7) is 7.50. The molecule has 2 nitrogen and oxygen atoms in total. The zero-order valence-corrected chi connectivity index (χ0v) is 10.8. The van der Waals surface area contributed by atoms with Gasteiger partial charge in [0, 0.05) is 0 Å². The highest BCUT2D eigenvalue weighted by atomic mass is 14.9. The summed E-state index contributed by atoms with van der Waals surface area (Å²) in [7, 11) is 0. The maximum Gasteiger partial charge on any atom is -0.00462 e. The first-order valence-electron chi connectivity index (χ1n) is 7.27. The van der Waals surface area contributed by atoms with Crippen LogP contribution >= 0.6 is 0 Å². The van der Waals surface area contributed by atoms with Crippen molar-refractivity contribution in [3.8, 4) is 0 Å². The van der Waals surface area contributed by atoms with E-state index >= 15 is 0 Å². The molecule has 2 heterocycles. The van der Waals surface area contributed by atoms with Gasteiger partial charge in [0.1, 0.15) is 0 Å². The first-order valence-corrected chi connectivity index (χ1v) is 7.27. The molecule has 0 radical (unpaired) electrons. The number of piperidine rings is 2. The molecule has 2 N–H and O–H groups in total. The summed E-state index contributed by atoms with van der Waals surface area (Å²) < 4.78 is 0. The lowest BCUT2D eigenvalue weighted by atomic mass is 9.81. The van der Waals surface area contributed by atoms with E-state index in [1.807, 2.05) is 0 Å². The van der Waals surface area contributed by atoms with Crippen molar-refractivity contribution in [3.63, 3.8) is 0 Å². The molecule has 1 unspecified atom stereocenters. The third-order valence-corrected chi connectivity index (χ3v) is 4.68. The van der Waals surface area contributed by atoms with Crippen LogP contribution in [-0.2, 0) is 0 Å². The Labute approximate surface area is 101 Å². The topological polar surface area (TPSA) is 24.1 Å². The third kappa shape index (κ3) is 3.74. The van der Waals surface area contributed by atoms with Crippen molar-refractivity contribution in [1.82, 2.24) is 10.6 Å². The highest BCUT2D eigenvalue weighted by Crippen LogP contribution is 2.28. The van der Waals surface area contributed by atoms with Gasteiger partial charge in [-0.1, -0.05) is 19.8 Å². The molecule has 0 aromatic heterocycles. The van der Waals surface area contributed by atoms with E-state index in [-0.39, 0.29) is 0 Å². The van der Waals surface area contributed by atoms with Crippen molar-refractivity contribution < 1.29 is 0 Å². The molecule has 0 saturated carbocycles. The quantitative estimate of drug-likeness (QED) is 0.766. The number of rotatable bonds is 4. The molecular formula is C14H28N2. The molecule has 2 saturated heterocycles. The molecule has 0 aromatic carbocycles. The maximum absolute atomic E-state index is 3.47. The van der Waals surface area contributed by atoms with E-state index in [2.05, 4.69) is 17.6 Å². The number of nitrogens with one attached hydrogen (secondary N) is 2. The fraction of sp³-hybridized carbons (Fsp3) is 1.00. The minimum absolute atomic E-state index is 0.956. The van der Waals surface area contributed by atoms with Gasteiger partial charge in [0.2, 0.25) is 0 Å². The van der Waals surface area contributed by atoms with Gasteiger partial charge in [-0.3, -0.25) is 0 Å². The largest absolute Gasteiger partial charge is 0.317 e. The molecule has 0 aliphatic carbocycles. The predicted octanol–water partition coefficient (Wildman–Crippen LogP) is 2.40. The molecule has 94 valence electrons. The molecule has 0 amide bonds. The second-order valence-electron chi connectivity index (χ2n) is 5.84. The first-order chi connectivity index (χ1) is 7.86. The average molecular weight is 224 g/mol. The van der Waals surface area contributed by atoms with Crippen LogP contribution in [0.4, 0.5) is 0 Å². The Morgan fingerprint density at radius 3 is 2.12 bits per heavy atom. The summed E-state index contributed by atoms with van der Waals surface area (Å²) in [5.74, 6) is 2.98. The highest BCUT2D eigenvalue weighted by Gasteiger charge is 2.21. The molecule has 2 rings (SSSR count). The Kier molecular flexibility index (Phi) is 5.11. The molecule has 2 aliphatic rings. The summed E-state index contributed by atoms with van der Waals surface area (Å²) in [5.41, 5.74) is 0. The Morgan fingerprint density at radius 1 is 0.938 bits per heavy atom. The van der Waals surface area contributed by atoms with Crippen molar-refractivity contribution in [2.45, 2.75) is 45.4 Å². The molecule has 0 spiro atoms. The van der Waals surface area contributed by atoms with Gasteiger partial charge in [0.25, 0.3) is 0 Å². The van der Waals surface area contributed by atoms with Crippen LogP contribution in [-0.4, -0.2) is 26.2 Å². The molecule has 2 aliphatic heterocycles. The summed E-state index contributed by atoms with van der Waals surface area (Å²) in [4.78, 5) is 0. The van der Waals surface area contributed by atoms with Crippen LogP contribution in [0.3, 0.4) is 0 Å². The Hall–Kier alpha value is -0.0800. The fourth-order valence-corrected chi connectivity index (χ4v) is 3.32. The van der Waals surface area contributed by atoms with E-state index in [9.17, 15) is 0 Å². The van der Waals surface area contributed by atoms with Gasteiger partial charge in [-0.15, -0.1) is 0 Å². The van der Waals surface area contributed by atoms with E-state index in [1.54, 1.807) is 0 Å². The van der Waals surface area contributed by atoms with E-state index in [1.165, 1.54) is 64.7 Å². The second-order valence-corrected chi connectivity index (χ2v) is 5.84. The van der Waals surface area contributed by atoms with E-state index in [0.29, 0.717) is 0 Å². The Morgan fingerprint density at radius 2 is 1.50 bits per heavy atom. The zero-order valence-electron chi connectivity index (χ0n) is 10.8. The second kappa shape index (κ2) is 6.61. The summed E-state index contributed by atoms with van der Waals surface area (Å²) in [6.07, 6.45) is 8.60. The monoisotopic (exact) mass is 224 g/mol. The normalized spacial score (nSPS) is 26.8. The van der Waals surface area contributed by atoms with Gasteiger partial charge < -0.3 is 10.6 Å². The maximum atomic E-state index is 3.47. The van der Waals surface area contributed by atoms with Crippen LogP contribution in [0.5, 0.6) is 0 Å².